The van der Waals surface area contributed by atoms with Crippen LogP contribution < -0.4 is 9.47 Å². The number of methoxy groups -OCH3 is 1. The van der Waals surface area contributed by atoms with Gasteiger partial charge in [0.25, 0.3) is 0 Å². The Labute approximate surface area is 198 Å². The van der Waals surface area contributed by atoms with Crippen LogP contribution in [-0.2, 0) is 0 Å². The summed E-state index contributed by atoms with van der Waals surface area (Å²) >= 11 is 0. The number of aromatic nitrogens is 2. The Morgan fingerprint density at radius 3 is 2.60 bits per heavy atom. The Kier molecular flexibility index (Phi) is 5.98. The molecule has 0 saturated carbocycles. The Bertz CT molecular complexity index is 1280. The minimum Gasteiger partial charge on any atom is -0.483 e. The number of rotatable bonds is 5. The molecule has 0 N–H and O–H groups in total. The highest BCUT2D eigenvalue weighted by Gasteiger charge is 2.39. The van der Waals surface area contributed by atoms with Crippen LogP contribution in [0.25, 0.3) is 11.3 Å². The zero-order chi connectivity index (χ0) is 24.5. The first kappa shape index (κ1) is 22.6. The van der Waals surface area contributed by atoms with E-state index in [1.807, 2.05) is 0 Å². The first-order valence-corrected chi connectivity index (χ1v) is 10.8. The molecule has 0 spiro atoms. The quantitative estimate of drug-likeness (QED) is 0.544. The van der Waals surface area contributed by atoms with Gasteiger partial charge in [0.2, 0.25) is 5.88 Å². The number of pyridine rings is 2. The third kappa shape index (κ3) is 4.48. The van der Waals surface area contributed by atoms with Crippen molar-refractivity contribution in [2.45, 2.75) is 18.6 Å². The van der Waals surface area contributed by atoms with E-state index < -0.39 is 35.6 Å². The first-order chi connectivity index (χ1) is 16.9. The Hall–Kier alpha value is -4.15. The van der Waals surface area contributed by atoms with E-state index in [9.17, 15) is 18.0 Å². The van der Waals surface area contributed by atoms with Gasteiger partial charge in [-0.3, -0.25) is 4.98 Å². The van der Waals surface area contributed by atoms with Crippen molar-refractivity contribution in [1.29, 1.82) is 0 Å². The molecule has 2 amide bonds. The van der Waals surface area contributed by atoms with Crippen LogP contribution in [-0.4, -0.2) is 58.4 Å². The largest absolute Gasteiger partial charge is 0.483 e. The van der Waals surface area contributed by atoms with Crippen molar-refractivity contribution in [3.63, 3.8) is 0 Å². The first-order valence-electron chi connectivity index (χ1n) is 10.8. The van der Waals surface area contributed by atoms with Gasteiger partial charge in [-0.2, -0.15) is 5.10 Å². The second-order valence-corrected chi connectivity index (χ2v) is 8.08. The molecule has 0 aliphatic carbocycles. The fourth-order valence-electron chi connectivity index (χ4n) is 4.04. The molecule has 1 atom stereocenters. The van der Waals surface area contributed by atoms with Crippen LogP contribution in [0.5, 0.6) is 11.6 Å². The second kappa shape index (κ2) is 9.24. The molecule has 4 heterocycles. The Morgan fingerprint density at radius 2 is 1.86 bits per heavy atom. The number of halogens is 3. The lowest BCUT2D eigenvalue weighted by Crippen LogP contribution is -2.58. The number of hydrogen-bond donors (Lipinski definition) is 0. The highest BCUT2D eigenvalue weighted by Crippen LogP contribution is 2.33. The molecule has 8 nitrogen and oxygen atoms in total. The highest BCUT2D eigenvalue weighted by molar-refractivity contribution is 5.79. The number of carbonyl (C=O) groups is 1. The molecule has 0 bridgehead atoms. The van der Waals surface area contributed by atoms with Crippen LogP contribution in [0.15, 0.2) is 53.9 Å². The van der Waals surface area contributed by atoms with Crippen molar-refractivity contribution in [2.75, 3.05) is 20.2 Å². The van der Waals surface area contributed by atoms with Crippen LogP contribution in [0.3, 0.4) is 0 Å². The van der Waals surface area contributed by atoms with Crippen LogP contribution in [0.2, 0.25) is 0 Å². The third-order valence-corrected chi connectivity index (χ3v) is 5.77. The summed E-state index contributed by atoms with van der Waals surface area (Å²) in [4.78, 5) is 22.6. The van der Waals surface area contributed by atoms with Gasteiger partial charge in [0, 0.05) is 31.0 Å². The van der Waals surface area contributed by atoms with Crippen molar-refractivity contribution >= 4 is 12.2 Å². The molecule has 11 heteroatoms. The van der Waals surface area contributed by atoms with Gasteiger partial charge in [-0.25, -0.2) is 28.0 Å². The fraction of sp³-hybridized carbons (Fsp3) is 0.250. The smallest absolute Gasteiger partial charge is 0.341 e. The average molecular weight is 483 g/mol. The van der Waals surface area contributed by atoms with Crippen LogP contribution in [0.4, 0.5) is 18.0 Å². The number of nitrogens with zero attached hydrogens (tertiary/aromatic N) is 5. The minimum atomic E-state index is -0.723. The monoisotopic (exact) mass is 483 g/mol. The van der Waals surface area contributed by atoms with Gasteiger partial charge in [-0.1, -0.05) is 0 Å². The average Bonchev–Trinajstić information content (AvgIpc) is 3.31. The molecule has 0 unspecified atom stereocenters. The minimum absolute atomic E-state index is 0.00897. The summed E-state index contributed by atoms with van der Waals surface area (Å²) in [5.74, 6) is -1.75. The molecule has 3 aromatic rings. The van der Waals surface area contributed by atoms with Gasteiger partial charge in [-0.05, 0) is 29.8 Å². The predicted molar refractivity (Wildman–Crippen MR) is 119 cm³/mol. The van der Waals surface area contributed by atoms with Gasteiger partial charge in [0.1, 0.15) is 17.7 Å². The summed E-state index contributed by atoms with van der Waals surface area (Å²) in [5, 5.41) is 5.28. The summed E-state index contributed by atoms with van der Waals surface area (Å²) in [6, 6.07) is 7.03. The fourth-order valence-corrected chi connectivity index (χ4v) is 4.04. The summed E-state index contributed by atoms with van der Waals surface area (Å²) in [6.45, 7) is 0.394. The van der Waals surface area contributed by atoms with E-state index in [1.165, 1.54) is 41.4 Å². The van der Waals surface area contributed by atoms with E-state index in [0.29, 0.717) is 29.1 Å². The van der Waals surface area contributed by atoms with Gasteiger partial charge < -0.3 is 14.4 Å². The zero-order valence-corrected chi connectivity index (χ0v) is 18.6. The highest BCUT2D eigenvalue weighted by atomic mass is 19.1. The van der Waals surface area contributed by atoms with Gasteiger partial charge in [0.15, 0.2) is 11.6 Å². The molecular weight excluding hydrogens is 463 g/mol. The lowest BCUT2D eigenvalue weighted by atomic mass is 10.0. The molecule has 2 aliphatic heterocycles. The molecule has 2 aromatic heterocycles. The maximum Gasteiger partial charge on any atom is 0.341 e. The summed E-state index contributed by atoms with van der Waals surface area (Å²) < 4.78 is 52.7. The number of benzene rings is 1. The summed E-state index contributed by atoms with van der Waals surface area (Å²) in [5.41, 5.74) is 1.33. The molecule has 180 valence electrons. The van der Waals surface area contributed by atoms with E-state index in [1.54, 1.807) is 18.3 Å². The molecule has 1 fully saturated rings. The van der Waals surface area contributed by atoms with Gasteiger partial charge >= 0.3 is 6.03 Å². The van der Waals surface area contributed by atoms with Crippen molar-refractivity contribution in [1.82, 2.24) is 19.9 Å². The SMILES string of the molecule is COc1ncccc1-c1cc(OC2CN(C(=O)N3N=CC[C@H]3c3cc(F)cc(F)c3)C2)c(F)cn1. The zero-order valence-electron chi connectivity index (χ0n) is 18.6. The number of likely N-dealkylation sites (tertiary alicyclic amines) is 1. The summed E-state index contributed by atoms with van der Waals surface area (Å²) in [6.07, 6.45) is 4.05. The maximum atomic E-state index is 14.4. The molecule has 5 rings (SSSR count). The maximum absolute atomic E-state index is 14.4. The van der Waals surface area contributed by atoms with E-state index >= 15 is 0 Å². The summed E-state index contributed by atoms with van der Waals surface area (Å²) in [7, 11) is 1.48. The van der Waals surface area contributed by atoms with Crippen LogP contribution in [0.1, 0.15) is 18.0 Å². The number of hydrazone groups is 1. The number of amides is 2. The van der Waals surface area contributed by atoms with E-state index in [2.05, 4.69) is 15.1 Å². The van der Waals surface area contributed by atoms with E-state index in [4.69, 9.17) is 9.47 Å². The van der Waals surface area contributed by atoms with Gasteiger partial charge in [-0.15, -0.1) is 0 Å². The molecule has 2 aliphatic rings. The Morgan fingerprint density at radius 1 is 1.09 bits per heavy atom. The molecular formula is C24H20F3N5O3. The van der Waals surface area contributed by atoms with Crippen LogP contribution >= 0.6 is 0 Å². The van der Waals surface area contributed by atoms with Crippen molar-refractivity contribution in [2.24, 2.45) is 5.10 Å². The third-order valence-electron chi connectivity index (χ3n) is 5.77. The Balaban J connectivity index is 1.25. The molecule has 1 saturated heterocycles. The number of urea groups is 1. The molecule has 0 radical (unpaired) electrons. The predicted octanol–water partition coefficient (Wildman–Crippen LogP) is 4.19. The van der Waals surface area contributed by atoms with Crippen LogP contribution in [0, 0.1) is 17.5 Å². The topological polar surface area (TPSA) is 80.2 Å². The standard InChI is InChI=1S/C24H20F3N5O3/c1-34-23-18(3-2-5-28-23)20-10-22(19(27)11-29-20)35-17-12-31(13-17)24(33)32-21(4-6-30-32)14-7-15(25)9-16(26)8-14/h2-3,5-11,17,21H,4,12-13H2,1H3/t21-/m0/s1. The van der Waals surface area contributed by atoms with Gasteiger partial charge in [0.05, 0.1) is 43.7 Å². The molecule has 1 aromatic carbocycles. The lowest BCUT2D eigenvalue weighted by Gasteiger charge is -2.41. The van der Waals surface area contributed by atoms with Crippen molar-refractivity contribution in [3.05, 3.63) is 71.8 Å². The number of hydrogen-bond acceptors (Lipinski definition) is 6. The normalized spacial score (nSPS) is 17.4. The van der Waals surface area contributed by atoms with Crippen molar-refractivity contribution < 1.29 is 27.4 Å². The number of carbonyl (C=O) groups excluding carboxylic acids is 1. The second-order valence-electron chi connectivity index (χ2n) is 8.08. The molecule has 35 heavy (non-hydrogen) atoms. The van der Waals surface area contributed by atoms with E-state index in [-0.39, 0.29) is 18.8 Å². The van der Waals surface area contributed by atoms with E-state index in [0.717, 1.165) is 12.3 Å². The van der Waals surface area contributed by atoms with Crippen molar-refractivity contribution in [3.8, 4) is 22.9 Å². The lowest BCUT2D eigenvalue weighted by molar-refractivity contribution is 0.0256. The number of ether oxygens (including phenoxy) is 2.